The van der Waals surface area contributed by atoms with Crippen LogP contribution in [0.25, 0.3) is 0 Å². The smallest absolute Gasteiger partial charge is 0.337 e. The molecule has 2 N–H and O–H groups in total. The molecule has 38 heavy (non-hydrogen) atoms. The molecule has 2 aliphatic heterocycles. The maximum Gasteiger partial charge on any atom is 0.337 e. The SMILES string of the molecule is CCC/C=C/C1=C(CC(=O)OCCCCCCOC(=O)CC2=C(/C=C/CCC)C(O)OC2=O)C(=O)OC1O. The Morgan fingerprint density at radius 1 is 0.737 bits per heavy atom. The molecule has 0 aromatic rings. The Morgan fingerprint density at radius 3 is 1.50 bits per heavy atom. The van der Waals surface area contributed by atoms with E-state index in [-0.39, 0.29) is 48.3 Å². The first-order valence-electron chi connectivity index (χ1n) is 13.2. The molecule has 0 radical (unpaired) electrons. The fraction of sp³-hybridized carbons (Fsp3) is 0.571. The fourth-order valence-corrected chi connectivity index (χ4v) is 3.79. The molecule has 0 bridgehead atoms. The zero-order chi connectivity index (χ0) is 27.9. The highest BCUT2D eigenvalue weighted by molar-refractivity contribution is 5.98. The van der Waals surface area contributed by atoms with Gasteiger partial charge in [0.25, 0.3) is 0 Å². The number of aliphatic hydroxyl groups is 2. The minimum Gasteiger partial charge on any atom is -0.465 e. The molecule has 0 aromatic heterocycles. The van der Waals surface area contributed by atoms with Crippen LogP contribution in [0, 0.1) is 0 Å². The van der Waals surface area contributed by atoms with Gasteiger partial charge >= 0.3 is 23.9 Å². The zero-order valence-corrected chi connectivity index (χ0v) is 22.1. The number of carbonyl (C=O) groups is 4. The molecule has 0 fully saturated rings. The summed E-state index contributed by atoms with van der Waals surface area (Å²) < 4.78 is 20.0. The summed E-state index contributed by atoms with van der Waals surface area (Å²) in [5, 5.41) is 19.7. The van der Waals surface area contributed by atoms with Crippen LogP contribution in [-0.4, -0.2) is 59.9 Å². The van der Waals surface area contributed by atoms with Gasteiger partial charge in [0.05, 0.1) is 37.2 Å². The van der Waals surface area contributed by atoms with Crippen LogP contribution < -0.4 is 0 Å². The topological polar surface area (TPSA) is 146 Å². The number of ether oxygens (including phenoxy) is 4. The summed E-state index contributed by atoms with van der Waals surface area (Å²) in [6.45, 7) is 4.36. The van der Waals surface area contributed by atoms with Crippen LogP contribution in [0.3, 0.4) is 0 Å². The minimum absolute atomic E-state index is 0.108. The summed E-state index contributed by atoms with van der Waals surface area (Å²) in [5.74, 6) is -2.59. The number of carbonyl (C=O) groups excluding carboxylic acids is 4. The summed E-state index contributed by atoms with van der Waals surface area (Å²) in [5.41, 5.74) is 0.793. The van der Waals surface area contributed by atoms with Crippen molar-refractivity contribution >= 4 is 23.9 Å². The third-order valence-electron chi connectivity index (χ3n) is 5.87. The maximum atomic E-state index is 12.1. The van der Waals surface area contributed by atoms with E-state index in [1.807, 2.05) is 26.0 Å². The highest BCUT2D eigenvalue weighted by atomic mass is 16.6. The molecule has 0 saturated carbocycles. The van der Waals surface area contributed by atoms with E-state index in [0.717, 1.165) is 38.5 Å². The van der Waals surface area contributed by atoms with Gasteiger partial charge < -0.3 is 29.2 Å². The van der Waals surface area contributed by atoms with E-state index >= 15 is 0 Å². The summed E-state index contributed by atoms with van der Waals surface area (Å²) in [4.78, 5) is 48.1. The van der Waals surface area contributed by atoms with Gasteiger partial charge in [-0.3, -0.25) is 9.59 Å². The van der Waals surface area contributed by atoms with Crippen molar-refractivity contribution in [2.75, 3.05) is 13.2 Å². The van der Waals surface area contributed by atoms with Gasteiger partial charge in [0.15, 0.2) is 0 Å². The lowest BCUT2D eigenvalue weighted by Gasteiger charge is -2.06. The summed E-state index contributed by atoms with van der Waals surface area (Å²) in [7, 11) is 0. The molecule has 0 aliphatic carbocycles. The van der Waals surface area contributed by atoms with Crippen molar-refractivity contribution in [1.82, 2.24) is 0 Å². The summed E-state index contributed by atoms with van der Waals surface area (Å²) in [6, 6.07) is 0. The van der Waals surface area contributed by atoms with Crippen molar-refractivity contribution in [3.63, 3.8) is 0 Å². The first-order valence-corrected chi connectivity index (χ1v) is 13.2. The Kier molecular flexibility index (Phi) is 13.5. The Hall–Kier alpha value is -3.24. The van der Waals surface area contributed by atoms with Gasteiger partial charge in [-0.15, -0.1) is 0 Å². The van der Waals surface area contributed by atoms with Crippen molar-refractivity contribution < 1.29 is 48.3 Å². The van der Waals surface area contributed by atoms with Crippen LogP contribution in [0.15, 0.2) is 46.6 Å². The second-order valence-corrected chi connectivity index (χ2v) is 8.97. The lowest BCUT2D eigenvalue weighted by molar-refractivity contribution is -0.154. The van der Waals surface area contributed by atoms with Gasteiger partial charge in [-0.05, 0) is 38.5 Å². The molecular formula is C28H38O10. The normalized spacial score (nSPS) is 19.6. The van der Waals surface area contributed by atoms with Crippen molar-refractivity contribution in [1.29, 1.82) is 0 Å². The lowest BCUT2D eigenvalue weighted by Crippen LogP contribution is -2.11. The van der Waals surface area contributed by atoms with Gasteiger partial charge in [0.1, 0.15) is 0 Å². The van der Waals surface area contributed by atoms with Gasteiger partial charge in [0, 0.05) is 11.1 Å². The summed E-state index contributed by atoms with van der Waals surface area (Å²) >= 11 is 0. The van der Waals surface area contributed by atoms with E-state index < -0.39 is 36.5 Å². The van der Waals surface area contributed by atoms with Crippen molar-refractivity contribution in [2.45, 2.75) is 90.6 Å². The third kappa shape index (κ3) is 9.90. The van der Waals surface area contributed by atoms with E-state index in [9.17, 15) is 29.4 Å². The van der Waals surface area contributed by atoms with Crippen molar-refractivity contribution in [2.24, 2.45) is 0 Å². The van der Waals surface area contributed by atoms with E-state index in [1.54, 1.807) is 12.2 Å². The fourth-order valence-electron chi connectivity index (χ4n) is 3.79. The van der Waals surface area contributed by atoms with Gasteiger partial charge in [0.2, 0.25) is 12.6 Å². The first kappa shape index (κ1) is 31.0. The number of hydrogen-bond acceptors (Lipinski definition) is 10. The second kappa shape index (κ2) is 16.6. The monoisotopic (exact) mass is 534 g/mol. The summed E-state index contributed by atoms with van der Waals surface area (Å²) in [6.07, 6.45) is 9.60. The molecule has 2 heterocycles. The van der Waals surface area contributed by atoms with Crippen LogP contribution in [0.4, 0.5) is 0 Å². The van der Waals surface area contributed by atoms with Crippen LogP contribution in [0.1, 0.15) is 78.1 Å². The standard InChI is InChI=1S/C28H38O10/c1-3-5-9-13-19-21(27(33)37-25(19)31)17-23(29)35-15-11-7-8-12-16-36-24(30)18-22-20(14-10-6-4-2)26(32)38-28(22)34/h9-10,13-14,25-26,31-32H,3-8,11-12,15-18H2,1-2H3/b13-9+,14-10+. The predicted octanol–water partition coefficient (Wildman–Crippen LogP) is 3.47. The Balaban J connectivity index is 1.63. The largest absolute Gasteiger partial charge is 0.465 e. The lowest BCUT2D eigenvalue weighted by atomic mass is 10.1. The Bertz CT molecular complexity index is 894. The number of rotatable bonds is 17. The maximum absolute atomic E-state index is 12.1. The second-order valence-electron chi connectivity index (χ2n) is 8.97. The molecule has 10 nitrogen and oxygen atoms in total. The van der Waals surface area contributed by atoms with Gasteiger partial charge in [-0.2, -0.15) is 0 Å². The van der Waals surface area contributed by atoms with E-state index in [0.29, 0.717) is 12.8 Å². The first-order chi connectivity index (χ1) is 18.3. The van der Waals surface area contributed by atoms with E-state index in [1.165, 1.54) is 0 Å². The number of allylic oxidation sites excluding steroid dienone is 2. The number of aliphatic hydroxyl groups excluding tert-OH is 2. The molecule has 2 unspecified atom stereocenters. The van der Waals surface area contributed by atoms with Gasteiger partial charge in [-0.25, -0.2) is 9.59 Å². The molecule has 2 atom stereocenters. The number of cyclic esters (lactones) is 2. The molecular weight excluding hydrogens is 496 g/mol. The van der Waals surface area contributed by atoms with Gasteiger partial charge in [-0.1, -0.05) is 51.0 Å². The highest BCUT2D eigenvalue weighted by Gasteiger charge is 2.33. The van der Waals surface area contributed by atoms with Crippen LogP contribution in [0.2, 0.25) is 0 Å². The minimum atomic E-state index is -1.37. The van der Waals surface area contributed by atoms with Crippen molar-refractivity contribution in [3.05, 3.63) is 46.6 Å². The van der Waals surface area contributed by atoms with Crippen LogP contribution >= 0.6 is 0 Å². The molecule has 10 heteroatoms. The van der Waals surface area contributed by atoms with Crippen LogP contribution in [0.5, 0.6) is 0 Å². The van der Waals surface area contributed by atoms with Crippen LogP contribution in [-0.2, 0) is 38.1 Å². The molecule has 0 aromatic carbocycles. The molecule has 0 spiro atoms. The molecule has 0 saturated heterocycles. The van der Waals surface area contributed by atoms with Crippen molar-refractivity contribution in [3.8, 4) is 0 Å². The molecule has 2 aliphatic rings. The molecule has 2 rings (SSSR count). The third-order valence-corrected chi connectivity index (χ3v) is 5.87. The Labute approximate surface area is 223 Å². The van der Waals surface area contributed by atoms with E-state index in [4.69, 9.17) is 18.9 Å². The predicted molar refractivity (Wildman–Crippen MR) is 136 cm³/mol. The molecule has 0 amide bonds. The molecule has 210 valence electrons. The number of esters is 4. The van der Waals surface area contributed by atoms with E-state index in [2.05, 4.69) is 0 Å². The number of unbranched alkanes of at least 4 members (excludes halogenated alkanes) is 5. The Morgan fingerprint density at radius 2 is 1.13 bits per heavy atom. The quantitative estimate of drug-likeness (QED) is 0.162. The highest BCUT2D eigenvalue weighted by Crippen LogP contribution is 2.26. The zero-order valence-electron chi connectivity index (χ0n) is 22.1. The number of hydrogen-bond donors (Lipinski definition) is 2. The average molecular weight is 535 g/mol. The average Bonchev–Trinajstić information content (AvgIpc) is 3.29.